The monoisotopic (exact) mass is 622 g/mol. The van der Waals surface area contributed by atoms with Crippen LogP contribution in [-0.2, 0) is 26.1 Å². The van der Waals surface area contributed by atoms with Gasteiger partial charge in [-0.1, -0.05) is 26.0 Å². The average molecular weight is 623 g/mol. The minimum absolute atomic E-state index is 0.00472. The predicted octanol–water partition coefficient (Wildman–Crippen LogP) is 4.98. The predicted molar refractivity (Wildman–Crippen MR) is 155 cm³/mol. The van der Waals surface area contributed by atoms with Gasteiger partial charge in [0.25, 0.3) is 10.0 Å². The van der Waals surface area contributed by atoms with E-state index in [1.807, 2.05) is 0 Å². The molecule has 0 spiro atoms. The van der Waals surface area contributed by atoms with Crippen molar-refractivity contribution < 1.29 is 46.8 Å². The van der Waals surface area contributed by atoms with Crippen molar-refractivity contribution in [3.05, 3.63) is 65.9 Å². The minimum atomic E-state index is -4.61. The van der Waals surface area contributed by atoms with Crippen LogP contribution in [0.25, 0.3) is 22.4 Å². The standard InChI is InChI=1S/C30H36F2N2O8S/c1-5-34(30(39)42-4)43(40,41)29-26(19-6-10-21(31)11-7-19)28(20-8-12-22(32)13-9-20)33(27(29)18(2)3)15-14-23(35)16-24(36)17-25(37)38/h6-13,18,23-24,35-36H,5,14-17H2,1-4H3,(H,37,38)/t23-,24-/m1/s1. The zero-order chi connectivity index (χ0) is 32.1. The molecule has 10 nitrogen and oxygen atoms in total. The summed E-state index contributed by atoms with van der Waals surface area (Å²) in [5.41, 5.74) is 1.43. The lowest BCUT2D eigenvalue weighted by molar-refractivity contribution is -0.139. The number of amides is 1. The maximum absolute atomic E-state index is 14.3. The Balaban J connectivity index is 2.39. The zero-order valence-electron chi connectivity index (χ0n) is 24.3. The maximum atomic E-state index is 14.3. The Bertz CT molecular complexity index is 1540. The molecule has 13 heteroatoms. The summed E-state index contributed by atoms with van der Waals surface area (Å²) in [5, 5.41) is 29.7. The van der Waals surface area contributed by atoms with Crippen LogP contribution in [0.5, 0.6) is 0 Å². The van der Waals surface area contributed by atoms with Crippen LogP contribution >= 0.6 is 0 Å². The molecule has 3 N–H and O–H groups in total. The molecule has 2 atom stereocenters. The van der Waals surface area contributed by atoms with Gasteiger partial charge in [-0.05, 0) is 73.2 Å². The van der Waals surface area contributed by atoms with Gasteiger partial charge < -0.3 is 24.6 Å². The smallest absolute Gasteiger partial charge is 0.423 e. The molecule has 0 radical (unpaired) electrons. The van der Waals surface area contributed by atoms with E-state index < -0.39 is 58.3 Å². The molecule has 0 saturated carbocycles. The number of carbonyl (C=O) groups excluding carboxylic acids is 1. The van der Waals surface area contributed by atoms with E-state index in [9.17, 15) is 37.0 Å². The highest BCUT2D eigenvalue weighted by Gasteiger charge is 2.39. The number of aliphatic carboxylic acids is 1. The van der Waals surface area contributed by atoms with Crippen LogP contribution in [0.1, 0.15) is 51.6 Å². The lowest BCUT2D eigenvalue weighted by atomic mass is 10.00. The van der Waals surface area contributed by atoms with Crippen LogP contribution < -0.4 is 0 Å². The van der Waals surface area contributed by atoms with Gasteiger partial charge in [-0.2, -0.15) is 0 Å². The number of nitrogens with zero attached hydrogens (tertiary/aromatic N) is 2. The molecule has 0 bridgehead atoms. The Labute approximate surface area is 249 Å². The van der Waals surface area contributed by atoms with Crippen LogP contribution in [0, 0.1) is 11.6 Å². The summed E-state index contributed by atoms with van der Waals surface area (Å²) in [5.74, 6) is -2.81. The quantitative estimate of drug-likeness (QED) is 0.242. The van der Waals surface area contributed by atoms with E-state index in [0.717, 1.165) is 19.2 Å². The number of carboxylic acid groups (broad SMARTS) is 1. The van der Waals surface area contributed by atoms with E-state index >= 15 is 0 Å². The summed E-state index contributed by atoms with van der Waals surface area (Å²) in [6, 6.07) is 10.4. The van der Waals surface area contributed by atoms with Gasteiger partial charge in [-0.25, -0.2) is 26.3 Å². The van der Waals surface area contributed by atoms with Crippen LogP contribution in [-0.4, -0.2) is 70.5 Å². The highest BCUT2D eigenvalue weighted by Crippen LogP contribution is 2.45. The second-order valence-electron chi connectivity index (χ2n) is 10.3. The first-order valence-corrected chi connectivity index (χ1v) is 15.1. The number of aromatic nitrogens is 1. The number of sulfonamides is 1. The molecule has 0 saturated heterocycles. The number of halogens is 2. The Morgan fingerprint density at radius 3 is 1.95 bits per heavy atom. The normalized spacial score (nSPS) is 13.1. The molecule has 3 rings (SSSR count). The van der Waals surface area contributed by atoms with Crippen molar-refractivity contribution in [3.8, 4) is 22.4 Å². The molecule has 234 valence electrons. The van der Waals surface area contributed by atoms with Gasteiger partial charge in [0, 0.05) is 24.3 Å². The fourth-order valence-corrected chi connectivity index (χ4v) is 6.99. The van der Waals surface area contributed by atoms with E-state index in [1.54, 1.807) is 18.4 Å². The Morgan fingerprint density at radius 2 is 1.49 bits per heavy atom. The van der Waals surface area contributed by atoms with Crippen molar-refractivity contribution in [2.45, 2.75) is 69.6 Å². The molecule has 43 heavy (non-hydrogen) atoms. The van der Waals surface area contributed by atoms with E-state index in [1.165, 1.54) is 43.3 Å². The highest BCUT2D eigenvalue weighted by atomic mass is 32.2. The molecule has 0 aliphatic heterocycles. The van der Waals surface area contributed by atoms with Gasteiger partial charge in [0.05, 0.1) is 31.4 Å². The number of methoxy groups -OCH3 is 1. The van der Waals surface area contributed by atoms with E-state index in [2.05, 4.69) is 0 Å². The molecule has 1 heterocycles. The summed E-state index contributed by atoms with van der Waals surface area (Å²) < 4.78 is 63.7. The van der Waals surface area contributed by atoms with Gasteiger partial charge in [-0.3, -0.25) is 4.79 Å². The number of rotatable bonds is 13. The molecule has 3 aromatic rings. The number of aliphatic hydroxyl groups excluding tert-OH is 2. The Morgan fingerprint density at radius 1 is 0.953 bits per heavy atom. The molecule has 1 aromatic heterocycles. The summed E-state index contributed by atoms with van der Waals surface area (Å²) in [6.07, 6.45) is -4.39. The maximum Gasteiger partial charge on any atom is 0.423 e. The summed E-state index contributed by atoms with van der Waals surface area (Å²) in [4.78, 5) is 23.4. The first-order chi connectivity index (χ1) is 20.2. The van der Waals surface area contributed by atoms with Crippen molar-refractivity contribution in [3.63, 3.8) is 0 Å². The zero-order valence-corrected chi connectivity index (χ0v) is 25.1. The van der Waals surface area contributed by atoms with Crippen molar-refractivity contribution >= 4 is 22.1 Å². The number of aliphatic hydroxyl groups is 2. The van der Waals surface area contributed by atoms with Crippen molar-refractivity contribution in [1.82, 2.24) is 8.87 Å². The van der Waals surface area contributed by atoms with Gasteiger partial charge in [-0.15, -0.1) is 0 Å². The molecule has 0 fully saturated rings. The second kappa shape index (κ2) is 14.1. The van der Waals surface area contributed by atoms with Crippen LogP contribution in [0.4, 0.5) is 13.6 Å². The van der Waals surface area contributed by atoms with Gasteiger partial charge in [0.1, 0.15) is 16.5 Å². The van der Waals surface area contributed by atoms with Crippen LogP contribution in [0.2, 0.25) is 0 Å². The third kappa shape index (κ3) is 7.59. The van der Waals surface area contributed by atoms with Crippen molar-refractivity contribution in [1.29, 1.82) is 0 Å². The van der Waals surface area contributed by atoms with E-state index in [4.69, 9.17) is 9.84 Å². The molecular weight excluding hydrogens is 586 g/mol. The lowest BCUT2D eigenvalue weighted by Gasteiger charge is -2.22. The van der Waals surface area contributed by atoms with Gasteiger partial charge in [0.2, 0.25) is 0 Å². The fraction of sp³-hybridized carbons (Fsp3) is 0.400. The van der Waals surface area contributed by atoms with E-state index in [0.29, 0.717) is 21.1 Å². The van der Waals surface area contributed by atoms with Gasteiger partial charge >= 0.3 is 12.1 Å². The Hall–Kier alpha value is -3.81. The Kier molecular flexibility index (Phi) is 11.1. The molecule has 2 aromatic carbocycles. The summed E-state index contributed by atoms with van der Waals surface area (Å²) >= 11 is 0. The topological polar surface area (TPSA) is 146 Å². The summed E-state index contributed by atoms with van der Waals surface area (Å²) in [7, 11) is -3.56. The lowest BCUT2D eigenvalue weighted by Crippen LogP contribution is -2.37. The number of carbonyl (C=O) groups is 2. The van der Waals surface area contributed by atoms with Crippen LogP contribution in [0.3, 0.4) is 0 Å². The summed E-state index contributed by atoms with van der Waals surface area (Å²) in [6.45, 7) is 4.70. The molecular formula is C30H36F2N2O8S. The van der Waals surface area contributed by atoms with Crippen molar-refractivity contribution in [2.75, 3.05) is 13.7 Å². The molecule has 0 aliphatic carbocycles. The number of ether oxygens (including phenoxy) is 1. The fourth-order valence-electron chi connectivity index (χ4n) is 5.08. The van der Waals surface area contributed by atoms with Crippen molar-refractivity contribution in [2.24, 2.45) is 0 Å². The highest BCUT2D eigenvalue weighted by molar-refractivity contribution is 7.89. The second-order valence-corrected chi connectivity index (χ2v) is 12.1. The number of benzene rings is 2. The molecule has 1 amide bonds. The first kappa shape index (κ1) is 33.7. The first-order valence-electron chi connectivity index (χ1n) is 13.7. The van der Waals surface area contributed by atoms with Crippen LogP contribution in [0.15, 0.2) is 53.4 Å². The SMILES string of the molecule is CCN(C(=O)OC)S(=O)(=O)c1c(-c2ccc(F)cc2)c(-c2ccc(F)cc2)n(CC[C@@H](O)C[C@@H](O)CC(=O)O)c1C(C)C. The third-order valence-electron chi connectivity index (χ3n) is 6.91. The van der Waals surface area contributed by atoms with Gasteiger partial charge in [0.15, 0.2) is 0 Å². The molecule has 0 aliphatic rings. The number of hydrogen-bond acceptors (Lipinski definition) is 7. The average Bonchev–Trinajstić information content (AvgIpc) is 3.28. The number of carboxylic acids is 1. The third-order valence-corrected chi connectivity index (χ3v) is 8.83. The largest absolute Gasteiger partial charge is 0.481 e. The van der Waals surface area contributed by atoms with E-state index in [-0.39, 0.29) is 42.1 Å². The minimum Gasteiger partial charge on any atom is -0.481 e. The number of hydrogen-bond donors (Lipinski definition) is 3. The molecule has 0 unspecified atom stereocenters.